The van der Waals surface area contributed by atoms with Gasteiger partial charge in [-0.15, -0.1) is 0 Å². The molecule has 0 saturated heterocycles. The molecule has 0 aromatic heterocycles. The van der Waals surface area contributed by atoms with Crippen LogP contribution in [0.15, 0.2) is 153 Å². The summed E-state index contributed by atoms with van der Waals surface area (Å²) >= 11 is 3.52. The summed E-state index contributed by atoms with van der Waals surface area (Å²) in [6.45, 7) is 0. The number of hydrogen-bond acceptors (Lipinski definition) is 4. The van der Waals surface area contributed by atoms with Crippen molar-refractivity contribution < 1.29 is 0 Å². The van der Waals surface area contributed by atoms with E-state index in [1.54, 1.807) is 23.5 Å². The predicted molar refractivity (Wildman–Crippen MR) is 147 cm³/mol. The maximum atomic E-state index is 3.65. The molecule has 2 nitrogen and oxygen atoms in total. The zero-order chi connectivity index (χ0) is 23.0. The number of benzene rings is 5. The summed E-state index contributed by atoms with van der Waals surface area (Å²) in [5.41, 5.74) is 4.29. The van der Waals surface area contributed by atoms with Crippen molar-refractivity contribution in [3.8, 4) is 0 Å². The zero-order valence-corrected chi connectivity index (χ0v) is 20.2. The minimum atomic E-state index is 1.07. The molecule has 0 radical (unpaired) electrons. The van der Waals surface area contributed by atoms with Crippen molar-refractivity contribution in [2.45, 2.75) is 19.6 Å². The van der Waals surface area contributed by atoms with Gasteiger partial charge < -0.3 is 10.6 Å². The fraction of sp³-hybridized carbons (Fsp3) is 0. The largest absolute Gasteiger partial charge is 0.355 e. The molecule has 0 fully saturated rings. The Balaban J connectivity index is 1.59. The maximum absolute atomic E-state index is 3.65. The number of hydrogen-bond donors (Lipinski definition) is 2. The van der Waals surface area contributed by atoms with Crippen molar-refractivity contribution in [3.63, 3.8) is 0 Å². The van der Waals surface area contributed by atoms with Gasteiger partial charge in [0.1, 0.15) is 0 Å². The molecule has 0 bridgehead atoms. The van der Waals surface area contributed by atoms with Crippen molar-refractivity contribution in [1.82, 2.24) is 0 Å². The molecule has 0 saturated carbocycles. The summed E-state index contributed by atoms with van der Waals surface area (Å²) in [5, 5.41) is 7.30. The van der Waals surface area contributed by atoms with Crippen molar-refractivity contribution in [3.05, 3.63) is 133 Å². The Bertz CT molecular complexity index is 1120. The third kappa shape index (κ3) is 5.84. The van der Waals surface area contributed by atoms with Crippen LogP contribution in [0.2, 0.25) is 0 Å². The Labute approximate surface area is 209 Å². The Morgan fingerprint density at radius 1 is 0.382 bits per heavy atom. The highest BCUT2D eigenvalue weighted by atomic mass is 32.2. The molecule has 0 aliphatic heterocycles. The van der Waals surface area contributed by atoms with Gasteiger partial charge in [0, 0.05) is 31.0 Å². The van der Waals surface area contributed by atoms with Gasteiger partial charge in [-0.1, -0.05) is 96.3 Å². The highest BCUT2D eigenvalue weighted by Gasteiger charge is 2.14. The number of anilines is 4. The average molecular weight is 477 g/mol. The molecule has 0 unspecified atom stereocenters. The molecule has 0 aliphatic carbocycles. The van der Waals surface area contributed by atoms with Crippen molar-refractivity contribution in [2.75, 3.05) is 10.6 Å². The van der Waals surface area contributed by atoms with E-state index in [4.69, 9.17) is 0 Å². The summed E-state index contributed by atoms with van der Waals surface area (Å²) in [7, 11) is 0. The number of para-hydroxylation sites is 2. The van der Waals surface area contributed by atoms with Crippen LogP contribution in [0.4, 0.5) is 22.7 Å². The van der Waals surface area contributed by atoms with E-state index in [0.717, 1.165) is 32.5 Å². The van der Waals surface area contributed by atoms with Crippen LogP contribution in [0.1, 0.15) is 0 Å². The fourth-order valence-corrected chi connectivity index (χ4v) is 5.40. The first-order chi connectivity index (χ1) is 16.8. The molecule has 166 valence electrons. The number of rotatable bonds is 8. The van der Waals surface area contributed by atoms with Crippen LogP contribution < -0.4 is 10.6 Å². The third-order valence-electron chi connectivity index (χ3n) is 5.13. The summed E-state index contributed by atoms with van der Waals surface area (Å²) in [5.74, 6) is 0. The average Bonchev–Trinajstić information content (AvgIpc) is 2.89. The molecule has 0 spiro atoms. The molecule has 2 N–H and O–H groups in total. The SMILES string of the molecule is c1ccc(Nc2cc(Sc3ccccc3)c(Nc3ccccc3)cc2Sc2ccccc2)cc1. The van der Waals surface area contributed by atoms with Gasteiger partial charge in [-0.2, -0.15) is 0 Å². The highest BCUT2D eigenvalue weighted by molar-refractivity contribution is 8.00. The molecule has 4 heteroatoms. The van der Waals surface area contributed by atoms with Crippen LogP contribution in [0.25, 0.3) is 0 Å². The lowest BCUT2D eigenvalue weighted by Crippen LogP contribution is -1.98. The van der Waals surface area contributed by atoms with E-state index in [-0.39, 0.29) is 0 Å². The van der Waals surface area contributed by atoms with Gasteiger partial charge in [-0.3, -0.25) is 0 Å². The van der Waals surface area contributed by atoms with E-state index >= 15 is 0 Å². The van der Waals surface area contributed by atoms with Crippen LogP contribution in [-0.4, -0.2) is 0 Å². The smallest absolute Gasteiger partial charge is 0.0538 e. The van der Waals surface area contributed by atoms with Crippen molar-refractivity contribution >= 4 is 46.3 Å². The van der Waals surface area contributed by atoms with E-state index in [1.165, 1.54) is 9.79 Å². The quantitative estimate of drug-likeness (QED) is 0.233. The Morgan fingerprint density at radius 3 is 1.06 bits per heavy atom. The first-order valence-electron chi connectivity index (χ1n) is 11.1. The molecular weight excluding hydrogens is 452 g/mol. The lowest BCUT2D eigenvalue weighted by atomic mass is 10.2. The van der Waals surface area contributed by atoms with Gasteiger partial charge in [0.15, 0.2) is 0 Å². The lowest BCUT2D eigenvalue weighted by Gasteiger charge is -2.19. The van der Waals surface area contributed by atoms with Crippen LogP contribution in [0.5, 0.6) is 0 Å². The molecule has 0 atom stereocenters. The van der Waals surface area contributed by atoms with E-state index in [2.05, 4.69) is 132 Å². The second-order valence-corrected chi connectivity index (χ2v) is 9.89. The van der Waals surface area contributed by atoms with Crippen molar-refractivity contribution in [1.29, 1.82) is 0 Å². The Kier molecular flexibility index (Phi) is 7.19. The molecule has 34 heavy (non-hydrogen) atoms. The third-order valence-corrected chi connectivity index (χ3v) is 7.26. The molecule has 5 aromatic carbocycles. The van der Waals surface area contributed by atoms with Crippen LogP contribution >= 0.6 is 23.5 Å². The number of nitrogens with one attached hydrogen (secondary N) is 2. The summed E-state index contributed by atoms with van der Waals surface area (Å²) in [4.78, 5) is 4.72. The predicted octanol–water partition coefficient (Wildman–Crippen LogP) is 9.48. The van der Waals surface area contributed by atoms with E-state index in [1.807, 2.05) is 12.1 Å². The second-order valence-electron chi connectivity index (χ2n) is 7.66. The first kappa shape index (κ1) is 22.2. The monoisotopic (exact) mass is 476 g/mol. The van der Waals surface area contributed by atoms with Crippen molar-refractivity contribution in [2.24, 2.45) is 0 Å². The van der Waals surface area contributed by atoms with Crippen LogP contribution in [0.3, 0.4) is 0 Å². The lowest BCUT2D eigenvalue weighted by molar-refractivity contribution is 1.30. The normalized spacial score (nSPS) is 10.6. The second kappa shape index (κ2) is 11.0. The summed E-state index contributed by atoms with van der Waals surface area (Å²) in [6, 6.07) is 46.2. The zero-order valence-electron chi connectivity index (χ0n) is 18.5. The Morgan fingerprint density at radius 2 is 0.706 bits per heavy atom. The minimum Gasteiger partial charge on any atom is -0.355 e. The van der Waals surface area contributed by atoms with E-state index in [9.17, 15) is 0 Å². The molecule has 0 amide bonds. The van der Waals surface area contributed by atoms with Crippen LogP contribution in [0, 0.1) is 0 Å². The highest BCUT2D eigenvalue weighted by Crippen LogP contribution is 2.44. The topological polar surface area (TPSA) is 24.1 Å². The molecule has 0 heterocycles. The van der Waals surface area contributed by atoms with Gasteiger partial charge in [0.05, 0.1) is 11.4 Å². The maximum Gasteiger partial charge on any atom is 0.0538 e. The van der Waals surface area contributed by atoms with Gasteiger partial charge in [0.25, 0.3) is 0 Å². The van der Waals surface area contributed by atoms with Gasteiger partial charge in [0.2, 0.25) is 0 Å². The van der Waals surface area contributed by atoms with E-state index in [0.29, 0.717) is 0 Å². The van der Waals surface area contributed by atoms with Crippen LogP contribution in [-0.2, 0) is 0 Å². The van der Waals surface area contributed by atoms with Gasteiger partial charge in [-0.25, -0.2) is 0 Å². The van der Waals surface area contributed by atoms with E-state index < -0.39 is 0 Å². The van der Waals surface area contributed by atoms with Gasteiger partial charge in [-0.05, 0) is 60.7 Å². The molecule has 5 aromatic rings. The minimum absolute atomic E-state index is 1.07. The molecule has 5 rings (SSSR count). The van der Waals surface area contributed by atoms with Gasteiger partial charge >= 0.3 is 0 Å². The molecular formula is C30H24N2S2. The first-order valence-corrected chi connectivity index (χ1v) is 12.7. The Hall–Kier alpha value is -3.60. The summed E-state index contributed by atoms with van der Waals surface area (Å²) in [6.07, 6.45) is 0. The summed E-state index contributed by atoms with van der Waals surface area (Å²) < 4.78 is 0. The fourth-order valence-electron chi connectivity index (χ4n) is 3.51. The standard InChI is InChI=1S/C30H24N2S2/c1-5-13-23(14-6-1)31-27-21-30(34-26-19-11-4-12-20-26)28(32-24-15-7-2-8-16-24)22-29(27)33-25-17-9-3-10-18-25/h1-22,31-32H. The molecule has 0 aliphatic rings.